The molecule has 4 nitrogen and oxygen atoms in total. The number of carbonyl (C=O) groups is 2. The Balaban J connectivity index is 2.02. The predicted octanol–water partition coefficient (Wildman–Crippen LogP) is 3.23. The Labute approximate surface area is 136 Å². The molecule has 1 aliphatic heterocycles. The summed E-state index contributed by atoms with van der Waals surface area (Å²) < 4.78 is 0. The molecule has 1 aromatic carbocycles. The lowest BCUT2D eigenvalue weighted by Crippen LogP contribution is -2.50. The molecule has 0 aromatic heterocycles. The van der Waals surface area contributed by atoms with E-state index in [2.05, 4.69) is 0 Å². The summed E-state index contributed by atoms with van der Waals surface area (Å²) in [5, 5.41) is 10.0. The molecule has 120 valence electrons. The van der Waals surface area contributed by atoms with Crippen LogP contribution in [-0.2, 0) is 16.0 Å². The SMILES string of the molecule is CC(Cc1cccc(Cl)c1)C(=O)N1CCCC(C)(C(=O)O)C1. The van der Waals surface area contributed by atoms with E-state index in [9.17, 15) is 14.7 Å². The van der Waals surface area contributed by atoms with E-state index in [0.717, 1.165) is 12.0 Å². The first-order valence-electron chi connectivity index (χ1n) is 7.58. The van der Waals surface area contributed by atoms with Gasteiger partial charge in [-0.15, -0.1) is 0 Å². The van der Waals surface area contributed by atoms with Crippen molar-refractivity contribution < 1.29 is 14.7 Å². The summed E-state index contributed by atoms with van der Waals surface area (Å²) in [5.41, 5.74) is 0.190. The monoisotopic (exact) mass is 323 g/mol. The van der Waals surface area contributed by atoms with Gasteiger partial charge in [-0.2, -0.15) is 0 Å². The van der Waals surface area contributed by atoms with Gasteiger partial charge in [0.25, 0.3) is 0 Å². The average molecular weight is 324 g/mol. The highest BCUT2D eigenvalue weighted by Gasteiger charge is 2.40. The largest absolute Gasteiger partial charge is 0.481 e. The van der Waals surface area contributed by atoms with Gasteiger partial charge >= 0.3 is 5.97 Å². The van der Waals surface area contributed by atoms with E-state index in [0.29, 0.717) is 31.0 Å². The number of carboxylic acid groups (broad SMARTS) is 1. The Morgan fingerprint density at radius 3 is 2.82 bits per heavy atom. The van der Waals surface area contributed by atoms with Gasteiger partial charge in [-0.05, 0) is 43.9 Å². The van der Waals surface area contributed by atoms with Gasteiger partial charge < -0.3 is 10.0 Å². The van der Waals surface area contributed by atoms with Crippen LogP contribution in [0.15, 0.2) is 24.3 Å². The van der Waals surface area contributed by atoms with Crippen LogP contribution in [0.25, 0.3) is 0 Å². The molecule has 1 fully saturated rings. The molecular weight excluding hydrogens is 302 g/mol. The lowest BCUT2D eigenvalue weighted by molar-refractivity contribution is -0.154. The summed E-state index contributed by atoms with van der Waals surface area (Å²) >= 11 is 5.97. The van der Waals surface area contributed by atoms with E-state index >= 15 is 0 Å². The molecule has 22 heavy (non-hydrogen) atoms. The number of hydrogen-bond donors (Lipinski definition) is 1. The molecule has 1 aromatic rings. The third-order valence-electron chi connectivity index (χ3n) is 4.38. The van der Waals surface area contributed by atoms with Crippen LogP contribution >= 0.6 is 11.6 Å². The third-order valence-corrected chi connectivity index (χ3v) is 4.61. The van der Waals surface area contributed by atoms with E-state index in [1.807, 2.05) is 25.1 Å². The van der Waals surface area contributed by atoms with Crippen molar-refractivity contribution >= 4 is 23.5 Å². The first-order valence-corrected chi connectivity index (χ1v) is 7.96. The Morgan fingerprint density at radius 2 is 2.18 bits per heavy atom. The minimum Gasteiger partial charge on any atom is -0.481 e. The molecule has 5 heteroatoms. The van der Waals surface area contributed by atoms with Crippen LogP contribution in [0, 0.1) is 11.3 Å². The summed E-state index contributed by atoms with van der Waals surface area (Å²) in [7, 11) is 0. The van der Waals surface area contributed by atoms with Crippen molar-refractivity contribution in [3.63, 3.8) is 0 Å². The molecular formula is C17H22ClNO3. The fourth-order valence-corrected chi connectivity index (χ4v) is 3.23. The molecule has 2 rings (SSSR count). The van der Waals surface area contributed by atoms with E-state index in [-0.39, 0.29) is 11.8 Å². The summed E-state index contributed by atoms with van der Waals surface area (Å²) in [5.74, 6) is -0.991. The maximum Gasteiger partial charge on any atom is 0.311 e. The van der Waals surface area contributed by atoms with Crippen molar-refractivity contribution in [2.24, 2.45) is 11.3 Å². The standard InChI is InChI=1S/C17H22ClNO3/c1-12(9-13-5-3-6-14(18)10-13)15(20)19-8-4-7-17(2,11-19)16(21)22/h3,5-6,10,12H,4,7-9,11H2,1-2H3,(H,21,22). The van der Waals surface area contributed by atoms with Crippen LogP contribution in [-0.4, -0.2) is 35.0 Å². The van der Waals surface area contributed by atoms with Gasteiger partial charge in [0.2, 0.25) is 5.91 Å². The van der Waals surface area contributed by atoms with Gasteiger partial charge in [0.05, 0.1) is 5.41 Å². The summed E-state index contributed by atoms with van der Waals surface area (Å²) in [4.78, 5) is 25.7. The number of benzene rings is 1. The highest BCUT2D eigenvalue weighted by molar-refractivity contribution is 6.30. The second-order valence-electron chi connectivity index (χ2n) is 6.46. The van der Waals surface area contributed by atoms with Gasteiger partial charge in [0.1, 0.15) is 0 Å². The van der Waals surface area contributed by atoms with E-state index in [1.165, 1.54) is 0 Å². The van der Waals surface area contributed by atoms with E-state index < -0.39 is 11.4 Å². The molecule has 0 saturated carbocycles. The number of carbonyl (C=O) groups excluding carboxylic acids is 1. The molecule has 1 N–H and O–H groups in total. The minimum absolute atomic E-state index is 0.0205. The fraction of sp³-hybridized carbons (Fsp3) is 0.529. The van der Waals surface area contributed by atoms with Crippen LogP contribution in [0.3, 0.4) is 0 Å². The molecule has 1 aliphatic rings. The Bertz CT molecular complexity index is 575. The lowest BCUT2D eigenvalue weighted by atomic mass is 9.81. The average Bonchev–Trinajstić information content (AvgIpc) is 2.46. The van der Waals surface area contributed by atoms with Gasteiger partial charge in [0, 0.05) is 24.0 Å². The number of carboxylic acids is 1. The molecule has 1 amide bonds. The van der Waals surface area contributed by atoms with Gasteiger partial charge in [-0.25, -0.2) is 0 Å². The number of hydrogen-bond acceptors (Lipinski definition) is 2. The zero-order chi connectivity index (χ0) is 16.3. The molecule has 0 aliphatic carbocycles. The summed E-state index contributed by atoms with van der Waals surface area (Å²) in [6.45, 7) is 4.54. The van der Waals surface area contributed by atoms with Crippen LogP contribution < -0.4 is 0 Å². The van der Waals surface area contributed by atoms with E-state index in [4.69, 9.17) is 11.6 Å². The second kappa shape index (κ2) is 6.69. The van der Waals surface area contributed by atoms with Gasteiger partial charge in [-0.3, -0.25) is 9.59 Å². The van der Waals surface area contributed by atoms with E-state index in [1.54, 1.807) is 17.9 Å². The van der Waals surface area contributed by atoms with Gasteiger partial charge in [-0.1, -0.05) is 30.7 Å². The smallest absolute Gasteiger partial charge is 0.311 e. The van der Waals surface area contributed by atoms with Gasteiger partial charge in [0.15, 0.2) is 0 Å². The number of amides is 1. The highest BCUT2D eigenvalue weighted by Crippen LogP contribution is 2.30. The number of likely N-dealkylation sites (tertiary alicyclic amines) is 1. The normalized spacial score (nSPS) is 23.1. The second-order valence-corrected chi connectivity index (χ2v) is 6.90. The molecule has 1 saturated heterocycles. The summed E-state index contributed by atoms with van der Waals surface area (Å²) in [6, 6.07) is 7.49. The van der Waals surface area contributed by atoms with Crippen molar-refractivity contribution in [2.45, 2.75) is 33.1 Å². The Morgan fingerprint density at radius 1 is 1.45 bits per heavy atom. The number of rotatable bonds is 4. The first-order chi connectivity index (χ1) is 10.3. The number of halogens is 1. The molecule has 0 spiro atoms. The number of piperidine rings is 1. The fourth-order valence-electron chi connectivity index (χ4n) is 3.02. The molecule has 0 bridgehead atoms. The van der Waals surface area contributed by atoms with Crippen molar-refractivity contribution in [2.75, 3.05) is 13.1 Å². The Kier molecular flexibility index (Phi) is 5.12. The molecule has 1 heterocycles. The zero-order valence-corrected chi connectivity index (χ0v) is 13.8. The number of aliphatic carboxylic acids is 1. The van der Waals surface area contributed by atoms with Crippen molar-refractivity contribution in [1.29, 1.82) is 0 Å². The van der Waals surface area contributed by atoms with Crippen molar-refractivity contribution in [3.05, 3.63) is 34.9 Å². The zero-order valence-electron chi connectivity index (χ0n) is 13.0. The third kappa shape index (κ3) is 3.80. The van der Waals surface area contributed by atoms with Crippen LogP contribution in [0.1, 0.15) is 32.3 Å². The highest BCUT2D eigenvalue weighted by atomic mass is 35.5. The first kappa shape index (κ1) is 16.8. The molecule has 0 radical (unpaired) electrons. The van der Waals surface area contributed by atoms with Crippen molar-refractivity contribution in [1.82, 2.24) is 4.90 Å². The molecule has 2 atom stereocenters. The topological polar surface area (TPSA) is 57.6 Å². The summed E-state index contributed by atoms with van der Waals surface area (Å²) in [6.07, 6.45) is 1.97. The molecule has 2 unspecified atom stereocenters. The predicted molar refractivity (Wildman–Crippen MR) is 85.9 cm³/mol. The van der Waals surface area contributed by atoms with Crippen molar-refractivity contribution in [3.8, 4) is 0 Å². The quantitative estimate of drug-likeness (QED) is 0.925. The van der Waals surface area contributed by atoms with Crippen LogP contribution in [0.4, 0.5) is 0 Å². The van der Waals surface area contributed by atoms with Crippen LogP contribution in [0.5, 0.6) is 0 Å². The Hall–Kier alpha value is -1.55. The maximum atomic E-state index is 12.6. The van der Waals surface area contributed by atoms with Crippen LogP contribution in [0.2, 0.25) is 5.02 Å². The maximum absolute atomic E-state index is 12.6. The minimum atomic E-state index is -0.830. The lowest BCUT2D eigenvalue weighted by Gasteiger charge is -2.38. The number of nitrogens with zero attached hydrogens (tertiary/aromatic N) is 1.